The Labute approximate surface area is 151 Å². The number of halogens is 1. The molecule has 0 spiro atoms. The minimum Gasteiger partial charge on any atom is -0.374 e. The van der Waals surface area contributed by atoms with Crippen LogP contribution in [-0.2, 0) is 0 Å². The van der Waals surface area contributed by atoms with Gasteiger partial charge in [-0.3, -0.25) is 9.20 Å². The number of fused-ring (bicyclic) bond motifs is 1. The molecule has 0 radical (unpaired) electrons. The number of pyridine rings is 1. The first kappa shape index (κ1) is 16.2. The number of nitrogens with one attached hydrogen (secondary N) is 1. The van der Waals surface area contributed by atoms with E-state index in [4.69, 9.17) is 5.73 Å². The summed E-state index contributed by atoms with van der Waals surface area (Å²) in [5.74, 6) is -1.37. The third-order valence-electron chi connectivity index (χ3n) is 3.80. The fourth-order valence-electron chi connectivity index (χ4n) is 2.61. The van der Waals surface area contributed by atoms with E-state index in [2.05, 4.69) is 20.5 Å². The summed E-state index contributed by atoms with van der Waals surface area (Å²) in [6.07, 6.45) is 1.51. The molecule has 4 rings (SSSR count). The number of nitrogens with zero attached hydrogens (tertiary/aromatic N) is 4. The number of aromatic nitrogens is 4. The van der Waals surface area contributed by atoms with Gasteiger partial charge in [-0.05, 0) is 17.7 Å². The van der Waals surface area contributed by atoms with E-state index < -0.39 is 17.9 Å². The molecule has 3 heterocycles. The van der Waals surface area contributed by atoms with Gasteiger partial charge in [0.2, 0.25) is 11.1 Å². The quantitative estimate of drug-likeness (QED) is 0.576. The molecule has 1 aromatic carbocycles. The van der Waals surface area contributed by atoms with E-state index in [9.17, 15) is 9.18 Å². The molecule has 0 saturated heterocycles. The first-order chi connectivity index (χ1) is 12.6. The van der Waals surface area contributed by atoms with E-state index >= 15 is 0 Å². The van der Waals surface area contributed by atoms with Crippen LogP contribution in [0.4, 0.5) is 9.52 Å². The van der Waals surface area contributed by atoms with Crippen molar-refractivity contribution < 1.29 is 9.18 Å². The average Bonchev–Trinajstić information content (AvgIpc) is 3.24. The van der Waals surface area contributed by atoms with Crippen LogP contribution in [0.15, 0.2) is 54.7 Å². The van der Waals surface area contributed by atoms with E-state index in [0.717, 1.165) is 16.9 Å². The first-order valence-electron chi connectivity index (χ1n) is 7.71. The molecule has 0 aliphatic rings. The number of anilines is 1. The number of carbonyl (C=O) groups is 1. The minimum absolute atomic E-state index is 0.283. The van der Waals surface area contributed by atoms with Crippen molar-refractivity contribution in [2.45, 2.75) is 6.04 Å². The van der Waals surface area contributed by atoms with Crippen LogP contribution in [-0.4, -0.2) is 25.5 Å². The maximum absolute atomic E-state index is 14.5. The third kappa shape index (κ3) is 2.88. The number of hydrogen-bond acceptors (Lipinski definition) is 6. The van der Waals surface area contributed by atoms with Crippen LogP contribution >= 0.6 is 11.3 Å². The molecule has 0 aliphatic carbocycles. The SMILES string of the molecule is Nc1nnc(C(NC(=O)c2nc3ccccn3c2F)c2ccccc2)s1. The lowest BCUT2D eigenvalue weighted by Crippen LogP contribution is -2.30. The molecular formula is C17H13FN6OS. The highest BCUT2D eigenvalue weighted by Crippen LogP contribution is 2.26. The second kappa shape index (κ2) is 6.52. The highest BCUT2D eigenvalue weighted by molar-refractivity contribution is 7.15. The van der Waals surface area contributed by atoms with Crippen molar-refractivity contribution in [1.82, 2.24) is 24.9 Å². The summed E-state index contributed by atoms with van der Waals surface area (Å²) in [5, 5.41) is 11.4. The Balaban J connectivity index is 1.71. The van der Waals surface area contributed by atoms with Gasteiger partial charge in [0.15, 0.2) is 5.69 Å². The lowest BCUT2D eigenvalue weighted by molar-refractivity contribution is 0.0933. The Morgan fingerprint density at radius 1 is 1.15 bits per heavy atom. The summed E-state index contributed by atoms with van der Waals surface area (Å²) in [6.45, 7) is 0. The predicted molar refractivity (Wildman–Crippen MR) is 95.2 cm³/mol. The normalized spacial score (nSPS) is 12.2. The first-order valence-corrected chi connectivity index (χ1v) is 8.52. The van der Waals surface area contributed by atoms with Gasteiger partial charge in [-0.25, -0.2) is 4.98 Å². The number of amides is 1. The zero-order valence-electron chi connectivity index (χ0n) is 13.3. The maximum Gasteiger partial charge on any atom is 0.275 e. The lowest BCUT2D eigenvalue weighted by atomic mass is 10.1. The Morgan fingerprint density at radius 3 is 2.62 bits per heavy atom. The second-order valence-electron chi connectivity index (χ2n) is 5.48. The maximum atomic E-state index is 14.5. The van der Waals surface area contributed by atoms with Crippen molar-refractivity contribution >= 4 is 28.0 Å². The second-order valence-corrected chi connectivity index (χ2v) is 6.52. The fourth-order valence-corrected chi connectivity index (χ4v) is 3.30. The average molecular weight is 368 g/mol. The molecule has 0 aliphatic heterocycles. The van der Waals surface area contributed by atoms with Gasteiger partial charge < -0.3 is 11.1 Å². The molecular weight excluding hydrogens is 355 g/mol. The highest BCUT2D eigenvalue weighted by Gasteiger charge is 2.25. The summed E-state index contributed by atoms with van der Waals surface area (Å²) in [5.41, 5.74) is 6.52. The topological polar surface area (TPSA) is 98.2 Å². The number of benzene rings is 1. The Morgan fingerprint density at radius 2 is 1.92 bits per heavy atom. The van der Waals surface area contributed by atoms with Crippen LogP contribution in [0.2, 0.25) is 0 Å². The van der Waals surface area contributed by atoms with Crippen molar-refractivity contribution in [2.24, 2.45) is 0 Å². The van der Waals surface area contributed by atoms with E-state index in [0.29, 0.717) is 10.7 Å². The van der Waals surface area contributed by atoms with Gasteiger partial charge in [-0.15, -0.1) is 10.2 Å². The summed E-state index contributed by atoms with van der Waals surface area (Å²) in [6, 6.07) is 13.6. The summed E-state index contributed by atoms with van der Waals surface area (Å²) in [4.78, 5) is 16.8. The smallest absolute Gasteiger partial charge is 0.275 e. The van der Waals surface area contributed by atoms with Crippen LogP contribution in [0.1, 0.15) is 27.1 Å². The monoisotopic (exact) mass is 368 g/mol. The number of rotatable bonds is 4. The van der Waals surface area contributed by atoms with Crippen molar-refractivity contribution in [2.75, 3.05) is 5.73 Å². The Bertz CT molecular complexity index is 1080. The molecule has 9 heteroatoms. The molecule has 3 N–H and O–H groups in total. The molecule has 0 bridgehead atoms. The highest BCUT2D eigenvalue weighted by atomic mass is 32.1. The number of imidazole rings is 1. The molecule has 4 aromatic rings. The predicted octanol–water partition coefficient (Wildman–Crippen LogP) is 2.43. The molecule has 130 valence electrons. The molecule has 1 atom stereocenters. The van der Waals surface area contributed by atoms with Crippen molar-refractivity contribution in [1.29, 1.82) is 0 Å². The van der Waals surface area contributed by atoms with Gasteiger partial charge in [0.25, 0.3) is 5.91 Å². The van der Waals surface area contributed by atoms with Gasteiger partial charge in [0.1, 0.15) is 16.7 Å². The van der Waals surface area contributed by atoms with Crippen molar-refractivity contribution in [3.63, 3.8) is 0 Å². The van der Waals surface area contributed by atoms with Gasteiger partial charge in [-0.2, -0.15) is 4.39 Å². The van der Waals surface area contributed by atoms with Crippen LogP contribution in [0, 0.1) is 5.95 Å². The Hall–Kier alpha value is -3.33. The largest absolute Gasteiger partial charge is 0.374 e. The molecule has 1 amide bonds. The van der Waals surface area contributed by atoms with Crippen LogP contribution in [0.3, 0.4) is 0 Å². The molecule has 1 unspecified atom stereocenters. The van der Waals surface area contributed by atoms with Crippen molar-refractivity contribution in [3.05, 3.63) is 76.9 Å². The number of carbonyl (C=O) groups excluding carboxylic acids is 1. The summed E-state index contributed by atoms with van der Waals surface area (Å²) < 4.78 is 15.8. The molecule has 26 heavy (non-hydrogen) atoms. The minimum atomic E-state index is -0.721. The zero-order chi connectivity index (χ0) is 18.1. The standard InChI is InChI=1S/C17H13FN6OS/c18-14-13(20-11-8-4-5-9-24(11)14)15(25)21-12(10-6-2-1-3-7-10)16-22-23-17(19)26-16/h1-9,12H,(H2,19,23)(H,21,25). The zero-order valence-corrected chi connectivity index (χ0v) is 14.2. The van der Waals surface area contributed by atoms with E-state index in [-0.39, 0.29) is 10.8 Å². The molecule has 3 aromatic heterocycles. The van der Waals surface area contributed by atoms with Crippen LogP contribution in [0.5, 0.6) is 0 Å². The van der Waals surface area contributed by atoms with Gasteiger partial charge in [0.05, 0.1) is 0 Å². The summed E-state index contributed by atoms with van der Waals surface area (Å²) in [7, 11) is 0. The van der Waals surface area contributed by atoms with Gasteiger partial charge >= 0.3 is 0 Å². The molecule has 0 saturated carbocycles. The van der Waals surface area contributed by atoms with E-state index in [1.54, 1.807) is 18.2 Å². The number of nitrogen functional groups attached to an aromatic ring is 1. The number of nitrogens with two attached hydrogens (primary N) is 1. The molecule has 7 nitrogen and oxygen atoms in total. The molecule has 0 fully saturated rings. The van der Waals surface area contributed by atoms with Gasteiger partial charge in [-0.1, -0.05) is 47.7 Å². The lowest BCUT2D eigenvalue weighted by Gasteiger charge is -2.15. The third-order valence-corrected chi connectivity index (χ3v) is 4.62. The summed E-state index contributed by atoms with van der Waals surface area (Å²) >= 11 is 1.16. The Kier molecular flexibility index (Phi) is 4.05. The van der Waals surface area contributed by atoms with Crippen molar-refractivity contribution in [3.8, 4) is 0 Å². The van der Waals surface area contributed by atoms with E-state index in [1.165, 1.54) is 10.6 Å². The van der Waals surface area contributed by atoms with Crippen LogP contribution < -0.4 is 11.1 Å². The van der Waals surface area contributed by atoms with Gasteiger partial charge in [0, 0.05) is 6.20 Å². The van der Waals surface area contributed by atoms with E-state index in [1.807, 2.05) is 30.3 Å². The van der Waals surface area contributed by atoms with Crippen LogP contribution in [0.25, 0.3) is 5.65 Å². The number of hydrogen-bond donors (Lipinski definition) is 2. The fraction of sp³-hybridized carbons (Fsp3) is 0.0588.